The lowest BCUT2D eigenvalue weighted by Crippen LogP contribution is -2.53. The first-order valence-electron chi connectivity index (χ1n) is 5.81. The van der Waals surface area contributed by atoms with Gasteiger partial charge in [0.2, 0.25) is 0 Å². The van der Waals surface area contributed by atoms with Gasteiger partial charge in [-0.3, -0.25) is 4.90 Å². The fourth-order valence-corrected chi connectivity index (χ4v) is 2.86. The molecule has 0 aromatic rings. The van der Waals surface area contributed by atoms with Crippen LogP contribution in [0.25, 0.3) is 0 Å². The van der Waals surface area contributed by atoms with Gasteiger partial charge in [0, 0.05) is 12.6 Å². The molecule has 0 bridgehead atoms. The van der Waals surface area contributed by atoms with Gasteiger partial charge in [-0.15, -0.1) is 0 Å². The number of nitrogens with zero attached hydrogens (tertiary/aromatic N) is 1. The maximum atomic E-state index is 10.0. The summed E-state index contributed by atoms with van der Waals surface area (Å²) in [5.41, 5.74) is -0.819. The van der Waals surface area contributed by atoms with Gasteiger partial charge >= 0.3 is 0 Å². The summed E-state index contributed by atoms with van der Waals surface area (Å²) < 4.78 is 0. The predicted molar refractivity (Wildman–Crippen MR) is 55.1 cm³/mol. The quantitative estimate of drug-likeness (QED) is 0.689. The maximum absolute atomic E-state index is 10.0. The molecule has 2 fully saturated rings. The first-order chi connectivity index (χ1) is 6.73. The van der Waals surface area contributed by atoms with E-state index in [-0.39, 0.29) is 6.61 Å². The first kappa shape index (κ1) is 10.4. The van der Waals surface area contributed by atoms with E-state index in [1.54, 1.807) is 0 Å². The first-order valence-corrected chi connectivity index (χ1v) is 5.81. The second kappa shape index (κ2) is 4.17. The molecule has 1 saturated carbocycles. The Kier molecular flexibility index (Phi) is 3.10. The summed E-state index contributed by atoms with van der Waals surface area (Å²) >= 11 is 0. The molecule has 1 atom stereocenters. The number of likely N-dealkylation sites (tertiary alicyclic amines) is 1. The second-order valence-corrected chi connectivity index (χ2v) is 4.89. The van der Waals surface area contributed by atoms with E-state index >= 15 is 0 Å². The molecule has 2 rings (SSSR count). The Hall–Kier alpha value is -0.120. The summed E-state index contributed by atoms with van der Waals surface area (Å²) in [5, 5.41) is 19.2. The molecule has 0 aromatic carbocycles. The molecule has 1 aliphatic carbocycles. The van der Waals surface area contributed by atoms with Crippen LogP contribution in [-0.2, 0) is 0 Å². The number of aliphatic hydroxyl groups is 2. The molecule has 82 valence electrons. The smallest absolute Gasteiger partial charge is 0.100 e. The predicted octanol–water partition coefficient (Wildman–Crippen LogP) is 0.748. The van der Waals surface area contributed by atoms with Crippen molar-refractivity contribution in [2.45, 2.75) is 50.2 Å². The summed E-state index contributed by atoms with van der Waals surface area (Å²) in [4.78, 5) is 2.38. The molecular weight excluding hydrogens is 178 g/mol. The number of piperidine rings is 1. The zero-order valence-corrected chi connectivity index (χ0v) is 8.78. The SMILES string of the molecule is OCC1(O)CCCN(C2CCCC2)C1. The van der Waals surface area contributed by atoms with E-state index in [1.807, 2.05) is 0 Å². The van der Waals surface area contributed by atoms with Crippen molar-refractivity contribution in [2.24, 2.45) is 0 Å². The maximum Gasteiger partial charge on any atom is 0.100 e. The zero-order chi connectivity index (χ0) is 10.0. The monoisotopic (exact) mass is 199 g/mol. The topological polar surface area (TPSA) is 43.7 Å². The Labute approximate surface area is 85.7 Å². The zero-order valence-electron chi connectivity index (χ0n) is 8.78. The van der Waals surface area contributed by atoms with Gasteiger partial charge in [0.1, 0.15) is 5.60 Å². The van der Waals surface area contributed by atoms with Crippen LogP contribution in [0.15, 0.2) is 0 Å². The average Bonchev–Trinajstić information content (AvgIpc) is 2.71. The fraction of sp³-hybridized carbons (Fsp3) is 1.00. The van der Waals surface area contributed by atoms with Crippen LogP contribution in [0, 0.1) is 0 Å². The number of aliphatic hydroxyl groups excluding tert-OH is 1. The molecule has 3 nitrogen and oxygen atoms in total. The lowest BCUT2D eigenvalue weighted by Gasteiger charge is -2.41. The van der Waals surface area contributed by atoms with Crippen molar-refractivity contribution in [1.29, 1.82) is 0 Å². The van der Waals surface area contributed by atoms with E-state index in [9.17, 15) is 5.11 Å². The highest BCUT2D eigenvalue weighted by Gasteiger charge is 2.35. The highest BCUT2D eigenvalue weighted by Crippen LogP contribution is 2.29. The Morgan fingerprint density at radius 1 is 1.21 bits per heavy atom. The van der Waals surface area contributed by atoms with Crippen LogP contribution in [0.5, 0.6) is 0 Å². The summed E-state index contributed by atoms with van der Waals surface area (Å²) in [6.07, 6.45) is 7.00. The molecule has 14 heavy (non-hydrogen) atoms. The van der Waals surface area contributed by atoms with Gasteiger partial charge in [-0.2, -0.15) is 0 Å². The standard InChI is InChI=1S/C11H21NO2/c13-9-11(14)6-3-7-12(8-11)10-4-1-2-5-10/h10,13-14H,1-9H2. The lowest BCUT2D eigenvalue weighted by atomic mass is 9.92. The minimum absolute atomic E-state index is 0.0871. The summed E-state index contributed by atoms with van der Waals surface area (Å²) in [6, 6.07) is 0.674. The Morgan fingerprint density at radius 3 is 2.57 bits per heavy atom. The van der Waals surface area contributed by atoms with Gasteiger partial charge in [0.05, 0.1) is 6.61 Å². The van der Waals surface area contributed by atoms with Crippen LogP contribution in [0.3, 0.4) is 0 Å². The Balaban J connectivity index is 1.93. The second-order valence-electron chi connectivity index (χ2n) is 4.89. The van der Waals surface area contributed by atoms with Crippen molar-refractivity contribution >= 4 is 0 Å². The molecule has 0 amide bonds. The number of hydrogen-bond donors (Lipinski definition) is 2. The Bertz CT molecular complexity index is 192. The van der Waals surface area contributed by atoms with Crippen molar-refractivity contribution in [3.63, 3.8) is 0 Å². The Morgan fingerprint density at radius 2 is 1.93 bits per heavy atom. The van der Waals surface area contributed by atoms with E-state index in [4.69, 9.17) is 5.11 Å². The number of β-amino-alcohol motifs (C(OH)–C–C–N with tert-alkyl or cyclic N) is 1. The normalized spacial score (nSPS) is 36.4. The van der Waals surface area contributed by atoms with E-state index in [0.29, 0.717) is 12.6 Å². The number of hydrogen-bond acceptors (Lipinski definition) is 3. The van der Waals surface area contributed by atoms with E-state index in [2.05, 4.69) is 4.90 Å². The molecule has 1 heterocycles. The lowest BCUT2D eigenvalue weighted by molar-refractivity contribution is -0.0756. The van der Waals surface area contributed by atoms with Crippen LogP contribution in [0.1, 0.15) is 38.5 Å². The van der Waals surface area contributed by atoms with Crippen molar-refractivity contribution < 1.29 is 10.2 Å². The molecule has 0 aromatic heterocycles. The minimum atomic E-state index is -0.819. The molecule has 3 heteroatoms. The molecule has 2 N–H and O–H groups in total. The molecule has 0 spiro atoms. The van der Waals surface area contributed by atoms with Crippen LogP contribution in [-0.4, -0.2) is 46.5 Å². The molecule has 1 aliphatic heterocycles. The average molecular weight is 199 g/mol. The van der Waals surface area contributed by atoms with Gasteiger partial charge in [0.25, 0.3) is 0 Å². The van der Waals surface area contributed by atoms with Gasteiger partial charge in [-0.1, -0.05) is 12.8 Å². The molecule has 0 radical (unpaired) electrons. The van der Waals surface area contributed by atoms with Crippen LogP contribution < -0.4 is 0 Å². The molecule has 2 aliphatic rings. The summed E-state index contributed by atoms with van der Waals surface area (Å²) in [7, 11) is 0. The molecule has 1 unspecified atom stereocenters. The van der Waals surface area contributed by atoms with Gasteiger partial charge in [-0.25, -0.2) is 0 Å². The van der Waals surface area contributed by atoms with Crippen molar-refractivity contribution in [3.05, 3.63) is 0 Å². The summed E-state index contributed by atoms with van der Waals surface area (Å²) in [6.45, 7) is 1.69. The van der Waals surface area contributed by atoms with Gasteiger partial charge in [-0.05, 0) is 32.2 Å². The van der Waals surface area contributed by atoms with Crippen molar-refractivity contribution in [3.8, 4) is 0 Å². The minimum Gasteiger partial charge on any atom is -0.393 e. The molecule has 1 saturated heterocycles. The fourth-order valence-electron chi connectivity index (χ4n) is 2.86. The van der Waals surface area contributed by atoms with Crippen LogP contribution >= 0.6 is 0 Å². The van der Waals surface area contributed by atoms with E-state index < -0.39 is 5.60 Å². The molecular formula is C11H21NO2. The number of rotatable bonds is 2. The van der Waals surface area contributed by atoms with Gasteiger partial charge in [0.15, 0.2) is 0 Å². The van der Waals surface area contributed by atoms with Gasteiger partial charge < -0.3 is 10.2 Å². The van der Waals surface area contributed by atoms with Crippen molar-refractivity contribution in [1.82, 2.24) is 4.90 Å². The van der Waals surface area contributed by atoms with Crippen molar-refractivity contribution in [2.75, 3.05) is 19.7 Å². The highest BCUT2D eigenvalue weighted by atomic mass is 16.3. The van der Waals surface area contributed by atoms with Crippen LogP contribution in [0.4, 0.5) is 0 Å². The third-order valence-corrected chi connectivity index (χ3v) is 3.72. The van der Waals surface area contributed by atoms with E-state index in [1.165, 1.54) is 25.7 Å². The van der Waals surface area contributed by atoms with Crippen LogP contribution in [0.2, 0.25) is 0 Å². The largest absolute Gasteiger partial charge is 0.393 e. The van der Waals surface area contributed by atoms with E-state index in [0.717, 1.165) is 19.4 Å². The third-order valence-electron chi connectivity index (χ3n) is 3.72. The third kappa shape index (κ3) is 2.10. The summed E-state index contributed by atoms with van der Waals surface area (Å²) in [5.74, 6) is 0. The highest BCUT2D eigenvalue weighted by molar-refractivity contribution is 4.90.